The van der Waals surface area contributed by atoms with Gasteiger partial charge in [0, 0.05) is 12.8 Å². The Morgan fingerprint density at radius 1 is 1.53 bits per heavy atom. The van der Waals surface area contributed by atoms with Gasteiger partial charge >= 0.3 is 5.97 Å². The number of hydrogen-bond acceptors (Lipinski definition) is 3. The summed E-state index contributed by atoms with van der Waals surface area (Å²) in [4.78, 5) is 21.6. The van der Waals surface area contributed by atoms with Crippen molar-refractivity contribution in [1.29, 1.82) is 0 Å². The van der Waals surface area contributed by atoms with Crippen LogP contribution in [0.15, 0.2) is 12.2 Å². The van der Waals surface area contributed by atoms with E-state index in [0.717, 1.165) is 0 Å². The van der Waals surface area contributed by atoms with Crippen molar-refractivity contribution in [2.24, 2.45) is 17.3 Å². The molecule has 4 nitrogen and oxygen atoms in total. The first-order chi connectivity index (χ1) is 7.93. The Hall–Kier alpha value is -1.16. The highest BCUT2D eigenvalue weighted by molar-refractivity contribution is 5.85. The molecule has 17 heavy (non-hydrogen) atoms. The molecule has 0 aromatic heterocycles. The molecule has 2 unspecified atom stereocenters. The molecule has 0 bridgehead atoms. The third-order valence-electron chi connectivity index (χ3n) is 3.86. The van der Waals surface area contributed by atoms with E-state index in [2.05, 4.69) is 0 Å². The largest absolute Gasteiger partial charge is 0.481 e. The van der Waals surface area contributed by atoms with Gasteiger partial charge in [-0.05, 0) is 11.3 Å². The summed E-state index contributed by atoms with van der Waals surface area (Å²) in [6.45, 7) is 4.40. The average molecular weight is 238 g/mol. The van der Waals surface area contributed by atoms with Gasteiger partial charge in [-0.15, -0.1) is 0 Å². The smallest absolute Gasteiger partial charge is 0.307 e. The second-order valence-corrected chi connectivity index (χ2v) is 5.49. The molecule has 2 saturated carbocycles. The first-order valence-corrected chi connectivity index (χ1v) is 5.95. The first-order valence-electron chi connectivity index (χ1n) is 5.95. The predicted octanol–water partition coefficient (Wildman–Crippen LogP) is 1.65. The number of carbonyl (C=O) groups is 2. The zero-order valence-electron chi connectivity index (χ0n) is 10.2. The van der Waals surface area contributed by atoms with E-state index in [4.69, 9.17) is 9.84 Å². The molecule has 2 fully saturated rings. The van der Waals surface area contributed by atoms with Crippen LogP contribution < -0.4 is 0 Å². The lowest BCUT2D eigenvalue weighted by Gasteiger charge is -2.23. The molecule has 0 radical (unpaired) electrons. The highest BCUT2D eigenvalue weighted by Gasteiger charge is 2.60. The molecule has 0 saturated heterocycles. The standard InChI is InChI=1S/C13H18O4/c1-13(2)10(11(13)12(15)16)4-3-5-17-9-6-8(14)7-9/h3-4,9-11H,5-7H2,1-2H3,(H,15,16). The number of ether oxygens (including phenoxy) is 1. The van der Waals surface area contributed by atoms with Gasteiger partial charge in [-0.2, -0.15) is 0 Å². The quantitative estimate of drug-likeness (QED) is 0.740. The normalized spacial score (nSPS) is 31.5. The molecular weight excluding hydrogens is 220 g/mol. The topological polar surface area (TPSA) is 63.6 Å². The van der Waals surface area contributed by atoms with E-state index < -0.39 is 5.97 Å². The highest BCUT2D eigenvalue weighted by atomic mass is 16.5. The fraction of sp³-hybridized carbons (Fsp3) is 0.692. The summed E-state index contributed by atoms with van der Waals surface area (Å²) < 4.78 is 5.44. The molecule has 2 aliphatic carbocycles. The van der Waals surface area contributed by atoms with Gasteiger partial charge in [-0.3, -0.25) is 9.59 Å². The lowest BCUT2D eigenvalue weighted by atomic mass is 9.94. The van der Waals surface area contributed by atoms with Crippen molar-refractivity contribution in [3.05, 3.63) is 12.2 Å². The summed E-state index contributed by atoms with van der Waals surface area (Å²) in [6, 6.07) is 0. The number of ketones is 1. The summed E-state index contributed by atoms with van der Waals surface area (Å²) >= 11 is 0. The van der Waals surface area contributed by atoms with Crippen molar-refractivity contribution in [2.45, 2.75) is 32.8 Å². The van der Waals surface area contributed by atoms with Crippen LogP contribution in [0.4, 0.5) is 0 Å². The summed E-state index contributed by atoms with van der Waals surface area (Å²) in [6.07, 6.45) is 4.94. The molecule has 4 heteroatoms. The van der Waals surface area contributed by atoms with E-state index in [0.29, 0.717) is 19.4 Å². The Kier molecular flexibility index (Phi) is 3.08. The summed E-state index contributed by atoms with van der Waals surface area (Å²) in [5.41, 5.74) is -0.144. The fourth-order valence-electron chi connectivity index (χ4n) is 2.47. The molecule has 94 valence electrons. The van der Waals surface area contributed by atoms with Crippen LogP contribution >= 0.6 is 0 Å². The Bertz CT molecular complexity index is 362. The second-order valence-electron chi connectivity index (χ2n) is 5.49. The maximum absolute atomic E-state index is 10.9. The summed E-state index contributed by atoms with van der Waals surface area (Å²) in [5.74, 6) is -0.640. The number of carboxylic acids is 1. The molecule has 2 rings (SSSR count). The second kappa shape index (κ2) is 4.26. The van der Waals surface area contributed by atoms with Crippen molar-refractivity contribution >= 4 is 11.8 Å². The number of allylic oxidation sites excluding steroid dienone is 1. The molecule has 2 atom stereocenters. The van der Waals surface area contributed by atoms with Gasteiger partial charge < -0.3 is 9.84 Å². The van der Waals surface area contributed by atoms with Crippen LogP contribution in [0.25, 0.3) is 0 Å². The molecule has 1 N–H and O–H groups in total. The molecule has 0 spiro atoms. The van der Waals surface area contributed by atoms with E-state index in [9.17, 15) is 9.59 Å². The summed E-state index contributed by atoms with van der Waals surface area (Å²) in [5, 5.41) is 8.98. The third-order valence-corrected chi connectivity index (χ3v) is 3.86. The molecule has 0 aromatic rings. The molecule has 2 aliphatic rings. The van der Waals surface area contributed by atoms with E-state index >= 15 is 0 Å². The SMILES string of the molecule is CC1(C)C(C=CCOC2CC(=O)C2)C1C(=O)O. The molecule has 0 heterocycles. The Morgan fingerprint density at radius 3 is 2.65 bits per heavy atom. The number of aliphatic carboxylic acids is 1. The predicted molar refractivity (Wildman–Crippen MR) is 61.5 cm³/mol. The number of carbonyl (C=O) groups excluding carboxylic acids is 1. The van der Waals surface area contributed by atoms with Gasteiger partial charge in [0.1, 0.15) is 5.78 Å². The number of Topliss-reactive ketones (excluding diaryl/α,β-unsaturated/α-hetero) is 1. The maximum atomic E-state index is 10.9. The fourth-order valence-corrected chi connectivity index (χ4v) is 2.47. The van der Waals surface area contributed by atoms with Crippen LogP contribution in [0.1, 0.15) is 26.7 Å². The van der Waals surface area contributed by atoms with E-state index in [-0.39, 0.29) is 29.1 Å². The van der Waals surface area contributed by atoms with Gasteiger partial charge in [0.15, 0.2) is 0 Å². The van der Waals surface area contributed by atoms with Gasteiger partial charge in [0.2, 0.25) is 0 Å². The zero-order valence-corrected chi connectivity index (χ0v) is 10.2. The average Bonchev–Trinajstić information content (AvgIpc) is 2.72. The molecule has 0 aromatic carbocycles. The van der Waals surface area contributed by atoms with Crippen LogP contribution in [-0.2, 0) is 14.3 Å². The number of rotatable bonds is 5. The van der Waals surface area contributed by atoms with Crippen LogP contribution in [0, 0.1) is 17.3 Å². The Morgan fingerprint density at radius 2 is 2.18 bits per heavy atom. The van der Waals surface area contributed by atoms with E-state index in [1.54, 1.807) is 0 Å². The Labute approximate surface area is 101 Å². The van der Waals surface area contributed by atoms with Crippen molar-refractivity contribution in [1.82, 2.24) is 0 Å². The van der Waals surface area contributed by atoms with Gasteiger partial charge in [0.05, 0.1) is 18.6 Å². The van der Waals surface area contributed by atoms with Crippen LogP contribution in [0.5, 0.6) is 0 Å². The van der Waals surface area contributed by atoms with Gasteiger partial charge in [-0.25, -0.2) is 0 Å². The minimum absolute atomic E-state index is 0.0784. The van der Waals surface area contributed by atoms with Crippen LogP contribution in [0.3, 0.4) is 0 Å². The van der Waals surface area contributed by atoms with E-state index in [1.165, 1.54) is 0 Å². The zero-order chi connectivity index (χ0) is 12.6. The van der Waals surface area contributed by atoms with Crippen molar-refractivity contribution in [3.63, 3.8) is 0 Å². The van der Waals surface area contributed by atoms with E-state index in [1.807, 2.05) is 26.0 Å². The minimum Gasteiger partial charge on any atom is -0.481 e. The third kappa shape index (κ3) is 2.41. The number of carboxylic acid groups (broad SMARTS) is 1. The number of hydrogen-bond donors (Lipinski definition) is 1. The maximum Gasteiger partial charge on any atom is 0.307 e. The van der Waals surface area contributed by atoms with Gasteiger partial charge in [-0.1, -0.05) is 26.0 Å². The lowest BCUT2D eigenvalue weighted by molar-refractivity contribution is -0.139. The molecular formula is C13H18O4. The van der Waals surface area contributed by atoms with Crippen LogP contribution in [-0.4, -0.2) is 29.6 Å². The van der Waals surface area contributed by atoms with Crippen molar-refractivity contribution in [3.8, 4) is 0 Å². The highest BCUT2D eigenvalue weighted by Crippen LogP contribution is 2.58. The molecule has 0 aliphatic heterocycles. The minimum atomic E-state index is -0.727. The lowest BCUT2D eigenvalue weighted by Crippen LogP contribution is -2.31. The van der Waals surface area contributed by atoms with Crippen molar-refractivity contribution < 1.29 is 19.4 Å². The van der Waals surface area contributed by atoms with Gasteiger partial charge in [0.25, 0.3) is 0 Å². The molecule has 0 amide bonds. The monoisotopic (exact) mass is 238 g/mol. The first kappa shape index (κ1) is 12.3. The Balaban J connectivity index is 1.71. The summed E-state index contributed by atoms with van der Waals surface area (Å²) in [7, 11) is 0. The van der Waals surface area contributed by atoms with Crippen LogP contribution in [0.2, 0.25) is 0 Å². The van der Waals surface area contributed by atoms with Crippen molar-refractivity contribution in [2.75, 3.05) is 6.61 Å².